The molecule has 0 aliphatic rings. The summed E-state index contributed by atoms with van der Waals surface area (Å²) in [5, 5.41) is 0. The Balaban J connectivity index is 2.20. The molecule has 102 valence electrons. The highest BCUT2D eigenvalue weighted by molar-refractivity contribution is 6.02. The normalized spacial score (nSPS) is 10.7. The first-order chi connectivity index (χ1) is 9.62. The van der Waals surface area contributed by atoms with E-state index in [2.05, 4.69) is 6.58 Å². The van der Waals surface area contributed by atoms with Gasteiger partial charge in [-0.05, 0) is 54.5 Å². The van der Waals surface area contributed by atoms with Gasteiger partial charge < -0.3 is 9.15 Å². The molecule has 0 bridgehead atoms. The summed E-state index contributed by atoms with van der Waals surface area (Å²) >= 11 is 0. The third-order valence-corrected chi connectivity index (χ3v) is 2.80. The zero-order valence-corrected chi connectivity index (χ0v) is 11.6. The van der Waals surface area contributed by atoms with E-state index in [0.29, 0.717) is 11.5 Å². The van der Waals surface area contributed by atoms with Gasteiger partial charge in [-0.1, -0.05) is 18.7 Å². The number of ether oxygens (including phenoxy) is 1. The molecular weight excluding hydrogens is 252 g/mol. The van der Waals surface area contributed by atoms with Crippen LogP contribution in [0.1, 0.15) is 27.4 Å². The lowest BCUT2D eigenvalue weighted by Gasteiger charge is -2.03. The summed E-state index contributed by atoms with van der Waals surface area (Å²) in [5.41, 5.74) is 2.13. The van der Waals surface area contributed by atoms with E-state index in [1.165, 1.54) is 6.08 Å². The van der Waals surface area contributed by atoms with Gasteiger partial charge in [-0.15, -0.1) is 0 Å². The third kappa shape index (κ3) is 3.26. The Labute approximate surface area is 118 Å². The van der Waals surface area contributed by atoms with Crippen molar-refractivity contribution in [3.63, 3.8) is 0 Å². The molecule has 0 amide bonds. The van der Waals surface area contributed by atoms with Crippen LogP contribution in [0.5, 0.6) is 5.75 Å². The number of furan rings is 1. The van der Waals surface area contributed by atoms with Crippen molar-refractivity contribution in [2.75, 3.05) is 7.11 Å². The molecule has 0 saturated heterocycles. The van der Waals surface area contributed by atoms with Crippen LogP contribution in [0.4, 0.5) is 0 Å². The van der Waals surface area contributed by atoms with Gasteiger partial charge in [0.1, 0.15) is 11.5 Å². The van der Waals surface area contributed by atoms with Gasteiger partial charge in [-0.2, -0.15) is 0 Å². The van der Waals surface area contributed by atoms with Gasteiger partial charge in [0.25, 0.3) is 0 Å². The lowest BCUT2D eigenvalue weighted by Crippen LogP contribution is -1.88. The van der Waals surface area contributed by atoms with Gasteiger partial charge in [0.05, 0.1) is 7.11 Å². The molecule has 0 N–H and O–H groups in total. The SMILES string of the molecule is C=CC(=O)c1ccc(C=Cc2cc(C)cc(OC)c2)o1. The number of carbonyl (C=O) groups excluding carboxylic acids is 1. The molecule has 0 fully saturated rings. The van der Waals surface area contributed by atoms with Gasteiger partial charge in [-0.25, -0.2) is 0 Å². The van der Waals surface area contributed by atoms with E-state index in [9.17, 15) is 4.79 Å². The number of carbonyl (C=O) groups is 1. The van der Waals surface area contributed by atoms with Crippen LogP contribution in [0.25, 0.3) is 12.2 Å². The minimum atomic E-state index is -0.220. The Morgan fingerprint density at radius 2 is 2.05 bits per heavy atom. The zero-order chi connectivity index (χ0) is 14.5. The average molecular weight is 268 g/mol. The molecule has 0 aliphatic carbocycles. The summed E-state index contributed by atoms with van der Waals surface area (Å²) in [7, 11) is 1.64. The maximum atomic E-state index is 11.4. The predicted octanol–water partition coefficient (Wildman–Crippen LogP) is 4.14. The average Bonchev–Trinajstić information content (AvgIpc) is 2.92. The van der Waals surface area contributed by atoms with Crippen molar-refractivity contribution in [2.45, 2.75) is 6.92 Å². The Morgan fingerprint density at radius 1 is 1.25 bits per heavy atom. The van der Waals surface area contributed by atoms with Crippen LogP contribution in [-0.2, 0) is 0 Å². The molecular formula is C17H16O3. The van der Waals surface area contributed by atoms with E-state index in [-0.39, 0.29) is 5.78 Å². The lowest BCUT2D eigenvalue weighted by molar-refractivity contribution is 0.102. The van der Waals surface area contributed by atoms with Gasteiger partial charge in [0.2, 0.25) is 5.78 Å². The number of rotatable bonds is 5. The van der Waals surface area contributed by atoms with Crippen molar-refractivity contribution in [3.05, 3.63) is 65.6 Å². The summed E-state index contributed by atoms with van der Waals surface area (Å²) < 4.78 is 10.6. The second kappa shape index (κ2) is 6.06. The van der Waals surface area contributed by atoms with Crippen molar-refractivity contribution in [2.24, 2.45) is 0 Å². The fourth-order valence-electron chi connectivity index (χ4n) is 1.84. The molecule has 20 heavy (non-hydrogen) atoms. The predicted molar refractivity (Wildman–Crippen MR) is 79.9 cm³/mol. The van der Waals surface area contributed by atoms with E-state index in [0.717, 1.165) is 16.9 Å². The molecule has 3 nitrogen and oxygen atoms in total. The van der Waals surface area contributed by atoms with Crippen molar-refractivity contribution in [3.8, 4) is 5.75 Å². The van der Waals surface area contributed by atoms with E-state index in [4.69, 9.17) is 9.15 Å². The van der Waals surface area contributed by atoms with Gasteiger partial charge in [-0.3, -0.25) is 4.79 Å². The summed E-state index contributed by atoms with van der Waals surface area (Å²) in [4.78, 5) is 11.4. The Hall–Kier alpha value is -2.55. The quantitative estimate of drug-likeness (QED) is 0.604. The highest BCUT2D eigenvalue weighted by atomic mass is 16.5. The van der Waals surface area contributed by atoms with Crippen molar-refractivity contribution >= 4 is 17.9 Å². The van der Waals surface area contributed by atoms with E-state index >= 15 is 0 Å². The first-order valence-electron chi connectivity index (χ1n) is 6.23. The number of hydrogen-bond acceptors (Lipinski definition) is 3. The van der Waals surface area contributed by atoms with E-state index < -0.39 is 0 Å². The monoisotopic (exact) mass is 268 g/mol. The standard InChI is InChI=1S/C17H16O3/c1-4-16(18)17-8-7-14(20-17)6-5-13-9-12(2)10-15(11-13)19-3/h4-11H,1H2,2-3H3. The molecule has 3 heteroatoms. The molecule has 0 aliphatic heterocycles. The molecule has 2 aromatic rings. The molecule has 1 heterocycles. The molecule has 0 saturated carbocycles. The van der Waals surface area contributed by atoms with Crippen LogP contribution in [0, 0.1) is 6.92 Å². The highest BCUT2D eigenvalue weighted by Gasteiger charge is 2.05. The van der Waals surface area contributed by atoms with Crippen LogP contribution < -0.4 is 4.74 Å². The summed E-state index contributed by atoms with van der Waals surface area (Å²) in [6.07, 6.45) is 4.96. The fourth-order valence-corrected chi connectivity index (χ4v) is 1.84. The Bertz CT molecular complexity index is 663. The number of ketones is 1. The molecule has 0 spiro atoms. The summed E-state index contributed by atoms with van der Waals surface area (Å²) in [5.74, 6) is 1.51. The van der Waals surface area contributed by atoms with Crippen LogP contribution in [0.15, 0.2) is 47.4 Å². The summed E-state index contributed by atoms with van der Waals surface area (Å²) in [6, 6.07) is 9.33. The number of allylic oxidation sites excluding steroid dienone is 1. The summed E-state index contributed by atoms with van der Waals surface area (Å²) in [6.45, 7) is 5.43. The molecule has 1 aromatic carbocycles. The maximum Gasteiger partial charge on any atom is 0.220 e. The van der Waals surface area contributed by atoms with Gasteiger partial charge in [0.15, 0.2) is 5.76 Å². The van der Waals surface area contributed by atoms with Crippen molar-refractivity contribution in [1.82, 2.24) is 0 Å². The van der Waals surface area contributed by atoms with Gasteiger partial charge >= 0.3 is 0 Å². The Kier molecular flexibility index (Phi) is 4.20. The largest absolute Gasteiger partial charge is 0.497 e. The highest BCUT2D eigenvalue weighted by Crippen LogP contribution is 2.19. The van der Waals surface area contributed by atoms with Crippen LogP contribution >= 0.6 is 0 Å². The minimum absolute atomic E-state index is 0.220. The number of methoxy groups -OCH3 is 1. The van der Waals surface area contributed by atoms with Crippen LogP contribution in [0.2, 0.25) is 0 Å². The molecule has 0 unspecified atom stereocenters. The molecule has 0 radical (unpaired) electrons. The number of benzene rings is 1. The first-order valence-corrected chi connectivity index (χ1v) is 6.23. The smallest absolute Gasteiger partial charge is 0.220 e. The Morgan fingerprint density at radius 3 is 2.75 bits per heavy atom. The molecule has 2 rings (SSSR count). The van der Waals surface area contributed by atoms with Crippen molar-refractivity contribution in [1.29, 1.82) is 0 Å². The fraction of sp³-hybridized carbons (Fsp3) is 0.118. The van der Waals surface area contributed by atoms with Gasteiger partial charge in [0, 0.05) is 0 Å². The van der Waals surface area contributed by atoms with Crippen molar-refractivity contribution < 1.29 is 13.9 Å². The van der Waals surface area contributed by atoms with E-state index in [1.807, 2.05) is 37.3 Å². The zero-order valence-electron chi connectivity index (χ0n) is 11.6. The number of aryl methyl sites for hydroxylation is 1. The van der Waals surface area contributed by atoms with E-state index in [1.54, 1.807) is 19.2 Å². The second-order valence-corrected chi connectivity index (χ2v) is 4.39. The van der Waals surface area contributed by atoms with Crippen LogP contribution in [0.3, 0.4) is 0 Å². The topological polar surface area (TPSA) is 39.4 Å². The molecule has 1 aromatic heterocycles. The first kappa shape index (κ1) is 13.9. The number of hydrogen-bond donors (Lipinski definition) is 0. The maximum absolute atomic E-state index is 11.4. The molecule has 0 atom stereocenters. The third-order valence-electron chi connectivity index (χ3n) is 2.80. The minimum Gasteiger partial charge on any atom is -0.497 e. The second-order valence-electron chi connectivity index (χ2n) is 4.39. The lowest BCUT2D eigenvalue weighted by atomic mass is 10.1. The van der Waals surface area contributed by atoms with Crippen LogP contribution in [-0.4, -0.2) is 12.9 Å².